The molecule has 0 aromatic heterocycles. The molecule has 22 heavy (non-hydrogen) atoms. The van der Waals surface area contributed by atoms with Crippen molar-refractivity contribution in [2.45, 2.75) is 81.6 Å². The third-order valence-corrected chi connectivity index (χ3v) is 2.56. The summed E-state index contributed by atoms with van der Waals surface area (Å²) in [6, 6.07) is 0. The number of hydrogen-bond acceptors (Lipinski definition) is 3. The maximum Gasteiger partial charge on any atom is 3.00 e. The predicted octanol–water partition coefficient (Wildman–Crippen LogP) is 1.97. The van der Waals surface area contributed by atoms with Crippen molar-refractivity contribution < 1.29 is 15.3 Å². The molecule has 0 radical (unpaired) electrons. The Morgan fingerprint density at radius 3 is 0.591 bits per heavy atom. The van der Waals surface area contributed by atoms with Crippen LogP contribution in [0.2, 0.25) is 0 Å². The van der Waals surface area contributed by atoms with Crippen LogP contribution in [-0.2, 0) is 0 Å². The summed E-state index contributed by atoms with van der Waals surface area (Å²) in [5, 5.41) is 29.8. The van der Waals surface area contributed by atoms with Gasteiger partial charge in [-0.2, -0.15) is 0 Å². The van der Waals surface area contributed by atoms with Crippen LogP contribution >= 0.6 is 0 Å². The fourth-order valence-electron chi connectivity index (χ4n) is 0.919. The van der Waals surface area contributed by atoms with Crippen molar-refractivity contribution in [2.24, 2.45) is 16.2 Å². The monoisotopic (exact) mass is 330 g/mol. The van der Waals surface area contributed by atoms with E-state index in [1.54, 1.807) is 0 Å². The summed E-state index contributed by atoms with van der Waals surface area (Å²) >= 11 is 0. The molecular formula is C18H39AlO3. The molecule has 0 rings (SSSR count). The van der Waals surface area contributed by atoms with E-state index in [9.17, 15) is 15.3 Å². The van der Waals surface area contributed by atoms with Crippen molar-refractivity contribution in [1.82, 2.24) is 0 Å². The fraction of sp³-hybridized carbons (Fsp3) is 1.00. The molecule has 0 unspecified atom stereocenters. The second-order valence-corrected chi connectivity index (χ2v) is 9.04. The number of hydrogen-bond donors (Lipinski definition) is 0. The molecule has 4 heteroatoms. The summed E-state index contributed by atoms with van der Waals surface area (Å²) in [6.45, 7) is 18.8. The second-order valence-electron chi connectivity index (χ2n) is 9.04. The van der Waals surface area contributed by atoms with Crippen LogP contribution in [0.3, 0.4) is 0 Å². The molecular weight excluding hydrogens is 291 g/mol. The van der Waals surface area contributed by atoms with Gasteiger partial charge in [-0.05, 0) is 16.2 Å². The van der Waals surface area contributed by atoms with Gasteiger partial charge in [0.2, 0.25) is 0 Å². The molecule has 0 bridgehead atoms. The Morgan fingerprint density at radius 2 is 0.591 bits per heavy atom. The summed E-state index contributed by atoms with van der Waals surface area (Å²) in [6.07, 6.45) is 2.35. The third kappa shape index (κ3) is 49.9. The van der Waals surface area contributed by atoms with Crippen LogP contribution in [0.5, 0.6) is 0 Å². The SMILES string of the molecule is CC(C)(C)CC[O-].CC(C)(C)CC[O-].CC(C)(C)CC[O-].[Al+3]. The van der Waals surface area contributed by atoms with E-state index in [-0.39, 0.29) is 53.4 Å². The van der Waals surface area contributed by atoms with E-state index in [4.69, 9.17) is 0 Å². The molecule has 0 fully saturated rings. The van der Waals surface area contributed by atoms with Gasteiger partial charge in [0.1, 0.15) is 0 Å². The first-order valence-corrected chi connectivity index (χ1v) is 7.93. The predicted molar refractivity (Wildman–Crippen MR) is 92.6 cm³/mol. The Bertz CT molecular complexity index is 172. The Balaban J connectivity index is -0.000000108. The Labute approximate surface area is 150 Å². The van der Waals surface area contributed by atoms with Gasteiger partial charge in [-0.25, -0.2) is 0 Å². The molecule has 0 aromatic carbocycles. The maximum atomic E-state index is 9.95. The molecule has 0 aromatic rings. The zero-order chi connectivity index (χ0) is 17.7. The van der Waals surface area contributed by atoms with Gasteiger partial charge < -0.3 is 15.3 Å². The summed E-state index contributed by atoms with van der Waals surface area (Å²) in [5.74, 6) is 0. The Kier molecular flexibility index (Phi) is 20.6. The normalized spacial score (nSPS) is 11.5. The molecule has 0 amide bonds. The minimum absolute atomic E-state index is 0. The van der Waals surface area contributed by atoms with Crippen LogP contribution < -0.4 is 15.3 Å². The average Bonchev–Trinajstić information content (AvgIpc) is 2.12. The summed E-state index contributed by atoms with van der Waals surface area (Å²) in [5.41, 5.74) is 0.714. The van der Waals surface area contributed by atoms with Crippen molar-refractivity contribution in [3.63, 3.8) is 0 Å². The zero-order valence-electron chi connectivity index (χ0n) is 16.5. The van der Waals surface area contributed by atoms with Gasteiger partial charge in [0.25, 0.3) is 0 Å². The molecule has 0 saturated carbocycles. The molecule has 0 atom stereocenters. The first-order valence-electron chi connectivity index (χ1n) is 7.93. The minimum atomic E-state index is 0. The van der Waals surface area contributed by atoms with Crippen molar-refractivity contribution >= 4 is 17.4 Å². The van der Waals surface area contributed by atoms with Crippen LogP contribution in [0.4, 0.5) is 0 Å². The standard InChI is InChI=1S/3C6H13O.Al/c3*1-6(2,3)4-5-7;/h3*4-5H2,1-3H3;/q3*-1;+3. The van der Waals surface area contributed by atoms with E-state index >= 15 is 0 Å². The smallest absolute Gasteiger partial charge is 0.854 e. The topological polar surface area (TPSA) is 69.2 Å². The van der Waals surface area contributed by atoms with Gasteiger partial charge in [0.05, 0.1) is 0 Å². The quantitative estimate of drug-likeness (QED) is 0.743. The Morgan fingerprint density at radius 1 is 0.455 bits per heavy atom. The van der Waals surface area contributed by atoms with Gasteiger partial charge >= 0.3 is 17.4 Å². The number of rotatable bonds is 3. The minimum Gasteiger partial charge on any atom is -0.854 e. The molecule has 0 aliphatic carbocycles. The molecule has 0 aliphatic rings. The van der Waals surface area contributed by atoms with Crippen LogP contribution in [0.25, 0.3) is 0 Å². The van der Waals surface area contributed by atoms with E-state index in [1.165, 1.54) is 0 Å². The largest absolute Gasteiger partial charge is 3.00 e. The first-order chi connectivity index (χ1) is 9.18. The fourth-order valence-corrected chi connectivity index (χ4v) is 0.919. The summed E-state index contributed by atoms with van der Waals surface area (Å²) < 4.78 is 0. The van der Waals surface area contributed by atoms with E-state index in [1.807, 2.05) is 0 Å². The second kappa shape index (κ2) is 15.0. The third-order valence-electron chi connectivity index (χ3n) is 2.56. The van der Waals surface area contributed by atoms with Gasteiger partial charge in [-0.1, -0.05) is 81.6 Å². The zero-order valence-corrected chi connectivity index (χ0v) is 17.7. The van der Waals surface area contributed by atoms with Gasteiger partial charge in [-0.3, -0.25) is 0 Å². The van der Waals surface area contributed by atoms with Crippen molar-refractivity contribution in [3.05, 3.63) is 0 Å². The summed E-state index contributed by atoms with van der Waals surface area (Å²) in [7, 11) is 0. The molecule has 0 spiro atoms. The van der Waals surface area contributed by atoms with Crippen molar-refractivity contribution in [2.75, 3.05) is 19.8 Å². The molecule has 0 N–H and O–H groups in total. The van der Waals surface area contributed by atoms with Gasteiger partial charge in [0.15, 0.2) is 0 Å². The van der Waals surface area contributed by atoms with Gasteiger partial charge in [0, 0.05) is 0 Å². The van der Waals surface area contributed by atoms with Gasteiger partial charge in [-0.15, -0.1) is 19.8 Å². The van der Waals surface area contributed by atoms with E-state index in [0.717, 1.165) is 19.3 Å². The van der Waals surface area contributed by atoms with Crippen LogP contribution in [-0.4, -0.2) is 37.2 Å². The van der Waals surface area contributed by atoms with Crippen LogP contribution in [0.15, 0.2) is 0 Å². The molecule has 0 saturated heterocycles. The molecule has 0 aliphatic heterocycles. The van der Waals surface area contributed by atoms with E-state index in [0.29, 0.717) is 0 Å². The van der Waals surface area contributed by atoms with E-state index in [2.05, 4.69) is 62.3 Å². The first kappa shape index (κ1) is 30.3. The van der Waals surface area contributed by atoms with Crippen molar-refractivity contribution in [1.29, 1.82) is 0 Å². The van der Waals surface area contributed by atoms with Crippen molar-refractivity contribution in [3.8, 4) is 0 Å². The average molecular weight is 330 g/mol. The van der Waals surface area contributed by atoms with Crippen LogP contribution in [0.1, 0.15) is 81.6 Å². The molecule has 0 heterocycles. The Hall–Kier alpha value is 0.412. The molecule has 132 valence electrons. The maximum absolute atomic E-state index is 9.95. The molecule has 3 nitrogen and oxygen atoms in total. The van der Waals surface area contributed by atoms with E-state index < -0.39 is 0 Å². The summed E-state index contributed by atoms with van der Waals surface area (Å²) in [4.78, 5) is 0. The van der Waals surface area contributed by atoms with Crippen LogP contribution in [0, 0.1) is 16.2 Å².